The van der Waals surface area contributed by atoms with Crippen molar-refractivity contribution in [3.8, 4) is 0 Å². The van der Waals surface area contributed by atoms with Gasteiger partial charge in [0.25, 0.3) is 11.8 Å². The zero-order valence-electron chi connectivity index (χ0n) is 21.0. The van der Waals surface area contributed by atoms with Crippen LogP contribution in [0.25, 0.3) is 17.0 Å². The fourth-order valence-electron chi connectivity index (χ4n) is 4.30. The molecule has 0 saturated carbocycles. The van der Waals surface area contributed by atoms with Crippen LogP contribution in [0.5, 0.6) is 0 Å². The molecule has 0 atom stereocenters. The number of benzene rings is 2. The smallest absolute Gasteiger partial charge is 0.364 e. The van der Waals surface area contributed by atoms with Crippen molar-refractivity contribution in [1.82, 2.24) is 14.8 Å². The van der Waals surface area contributed by atoms with E-state index in [1.54, 1.807) is 37.3 Å². The maximum absolute atomic E-state index is 14.1. The zero-order valence-corrected chi connectivity index (χ0v) is 21.0. The van der Waals surface area contributed by atoms with Crippen LogP contribution in [0.1, 0.15) is 50.3 Å². The third kappa shape index (κ3) is 5.22. The van der Waals surface area contributed by atoms with Crippen LogP contribution in [-0.2, 0) is 12.7 Å². The molecule has 39 heavy (non-hydrogen) atoms. The second kappa shape index (κ2) is 10.3. The van der Waals surface area contributed by atoms with Gasteiger partial charge in [-0.05, 0) is 49.2 Å². The predicted molar refractivity (Wildman–Crippen MR) is 135 cm³/mol. The van der Waals surface area contributed by atoms with Crippen LogP contribution in [0, 0.1) is 18.6 Å². The lowest BCUT2D eigenvalue weighted by atomic mass is 10.00. The number of nitrogens with zero attached hydrogens (tertiary/aromatic N) is 4. The molecule has 2 amide bonds. The summed E-state index contributed by atoms with van der Waals surface area (Å²) in [6, 6.07) is 8.98. The van der Waals surface area contributed by atoms with Crippen molar-refractivity contribution in [2.24, 2.45) is 5.73 Å². The van der Waals surface area contributed by atoms with Gasteiger partial charge in [0.1, 0.15) is 5.69 Å². The van der Waals surface area contributed by atoms with E-state index >= 15 is 0 Å². The summed E-state index contributed by atoms with van der Waals surface area (Å²) in [7, 11) is 1.15. The molecule has 0 aliphatic carbocycles. The number of allylic oxidation sites excluding steroid dienone is 1. The van der Waals surface area contributed by atoms with E-state index in [1.807, 2.05) is 0 Å². The van der Waals surface area contributed by atoms with Gasteiger partial charge in [-0.2, -0.15) is 18.3 Å². The molecule has 4 rings (SSSR count). The topological polar surface area (TPSA) is 94.1 Å². The zero-order chi connectivity index (χ0) is 28.6. The van der Waals surface area contributed by atoms with E-state index in [-0.39, 0.29) is 34.6 Å². The highest BCUT2D eigenvalue weighted by atomic mass is 19.4. The lowest BCUT2D eigenvalue weighted by Gasteiger charge is -2.21. The van der Waals surface area contributed by atoms with E-state index in [4.69, 9.17) is 5.73 Å². The summed E-state index contributed by atoms with van der Waals surface area (Å²) < 4.78 is 70.3. The van der Waals surface area contributed by atoms with Crippen molar-refractivity contribution in [3.63, 3.8) is 0 Å². The molecule has 2 N–H and O–H groups in total. The Bertz CT molecular complexity index is 1640. The second-order valence-corrected chi connectivity index (χ2v) is 8.71. The number of hydrogen-bond donors (Lipinski definition) is 1. The Labute approximate surface area is 219 Å². The third-order valence-electron chi connectivity index (χ3n) is 6.09. The highest BCUT2D eigenvalue weighted by Crippen LogP contribution is 2.39. The van der Waals surface area contributed by atoms with Gasteiger partial charge in [0.05, 0.1) is 29.0 Å². The van der Waals surface area contributed by atoms with Crippen LogP contribution in [-0.4, -0.2) is 33.6 Å². The van der Waals surface area contributed by atoms with Crippen LogP contribution in [0.4, 0.5) is 27.6 Å². The molecule has 2 aromatic heterocycles. The predicted octanol–water partition coefficient (Wildman–Crippen LogP) is 5.49. The third-order valence-corrected chi connectivity index (χ3v) is 6.09. The number of carbonyl (C=O) groups is 2. The van der Waals surface area contributed by atoms with E-state index in [0.717, 1.165) is 34.8 Å². The molecule has 7 nitrogen and oxygen atoms in total. The van der Waals surface area contributed by atoms with Gasteiger partial charge in [-0.3, -0.25) is 14.3 Å². The first kappa shape index (κ1) is 27.4. The van der Waals surface area contributed by atoms with Crippen molar-refractivity contribution in [2.45, 2.75) is 26.6 Å². The van der Waals surface area contributed by atoms with Crippen LogP contribution >= 0.6 is 0 Å². The number of anilines is 1. The molecule has 0 bridgehead atoms. The summed E-state index contributed by atoms with van der Waals surface area (Å²) in [4.78, 5) is 30.7. The molecule has 0 spiro atoms. The second-order valence-electron chi connectivity index (χ2n) is 8.71. The molecule has 2 heterocycles. The van der Waals surface area contributed by atoms with Crippen LogP contribution in [0.3, 0.4) is 0 Å². The Morgan fingerprint density at radius 1 is 1.10 bits per heavy atom. The van der Waals surface area contributed by atoms with E-state index < -0.39 is 41.0 Å². The van der Waals surface area contributed by atoms with Crippen molar-refractivity contribution in [1.29, 1.82) is 0 Å². The van der Waals surface area contributed by atoms with E-state index in [0.29, 0.717) is 10.9 Å². The minimum absolute atomic E-state index is 0.0509. The highest BCUT2D eigenvalue weighted by Gasteiger charge is 2.41. The highest BCUT2D eigenvalue weighted by molar-refractivity contribution is 6.16. The Morgan fingerprint density at radius 3 is 2.44 bits per heavy atom. The summed E-state index contributed by atoms with van der Waals surface area (Å²) in [5, 5.41) is 3.98. The molecule has 2 aromatic carbocycles. The number of fused-ring (bicyclic) bond motifs is 1. The summed E-state index contributed by atoms with van der Waals surface area (Å²) in [5.41, 5.74) is 4.11. The Balaban J connectivity index is 1.88. The summed E-state index contributed by atoms with van der Waals surface area (Å²) >= 11 is 0. The number of amides is 2. The molecule has 0 radical (unpaired) electrons. The number of alkyl halides is 3. The van der Waals surface area contributed by atoms with Crippen molar-refractivity contribution < 1.29 is 31.5 Å². The molecule has 0 aliphatic heterocycles. The number of halogens is 5. The standard InChI is InChI=1S/C27H22F5N5O2/c1-4-6-16-7-5-8-20-22(16)17(12-21(34-20)25(33)38)26(39)36(3)23-14(2)37(35-24(23)27(30,31)32)13-15-9-10-18(28)19(29)11-15/h4-12H,13H2,1-3H3,(H2,33,38)/b6-4+. The van der Waals surface area contributed by atoms with Gasteiger partial charge in [0.2, 0.25) is 0 Å². The molecular formula is C27H22F5N5O2. The number of nitrogens with two attached hydrogens (primary N) is 1. The molecule has 0 unspecified atom stereocenters. The van der Waals surface area contributed by atoms with Gasteiger partial charge >= 0.3 is 6.18 Å². The first-order chi connectivity index (χ1) is 18.3. The van der Waals surface area contributed by atoms with Crippen molar-refractivity contribution in [3.05, 3.63) is 93.9 Å². The Kier molecular flexibility index (Phi) is 7.23. The van der Waals surface area contributed by atoms with Crippen LogP contribution < -0.4 is 10.6 Å². The number of aromatic nitrogens is 3. The van der Waals surface area contributed by atoms with Gasteiger partial charge in [0.15, 0.2) is 17.3 Å². The summed E-state index contributed by atoms with van der Waals surface area (Å²) in [6.45, 7) is 2.76. The Hall–Kier alpha value is -4.61. The van der Waals surface area contributed by atoms with Crippen LogP contribution in [0.15, 0.2) is 48.5 Å². The number of rotatable bonds is 6. The molecular weight excluding hydrogens is 521 g/mol. The van der Waals surface area contributed by atoms with Gasteiger partial charge in [0, 0.05) is 12.4 Å². The SMILES string of the molecule is C/C=C/c1cccc2nc(C(N)=O)cc(C(=O)N(C)c3c(C(F)(F)F)nn(Cc4ccc(F)c(F)c4)c3C)c12. The molecule has 12 heteroatoms. The summed E-state index contributed by atoms with van der Waals surface area (Å²) in [6.07, 6.45) is -1.55. The lowest BCUT2D eigenvalue weighted by molar-refractivity contribution is -0.141. The maximum atomic E-state index is 14.1. The summed E-state index contributed by atoms with van der Waals surface area (Å²) in [5.74, 6) is -4.05. The molecule has 0 fully saturated rings. The van der Waals surface area contributed by atoms with Gasteiger partial charge in [-0.25, -0.2) is 13.8 Å². The number of primary amides is 1. The average Bonchev–Trinajstić information content (AvgIpc) is 3.21. The lowest BCUT2D eigenvalue weighted by Crippen LogP contribution is -2.29. The monoisotopic (exact) mass is 543 g/mol. The Morgan fingerprint density at radius 2 is 1.82 bits per heavy atom. The van der Waals surface area contributed by atoms with Crippen LogP contribution in [0.2, 0.25) is 0 Å². The first-order valence-corrected chi connectivity index (χ1v) is 11.6. The molecule has 202 valence electrons. The van der Waals surface area contributed by atoms with Gasteiger partial charge < -0.3 is 10.6 Å². The van der Waals surface area contributed by atoms with Crippen molar-refractivity contribution >= 4 is 34.5 Å². The van der Waals surface area contributed by atoms with E-state index in [2.05, 4.69) is 10.1 Å². The quantitative estimate of drug-likeness (QED) is 0.325. The minimum Gasteiger partial charge on any atom is -0.364 e. The van der Waals surface area contributed by atoms with E-state index in [9.17, 15) is 31.5 Å². The first-order valence-electron chi connectivity index (χ1n) is 11.6. The number of carbonyl (C=O) groups excluding carboxylic acids is 2. The molecule has 4 aromatic rings. The largest absolute Gasteiger partial charge is 0.437 e. The minimum atomic E-state index is -4.96. The molecule has 0 saturated heterocycles. The number of hydrogen-bond acceptors (Lipinski definition) is 4. The number of pyridine rings is 1. The average molecular weight is 543 g/mol. The van der Waals surface area contributed by atoms with Crippen molar-refractivity contribution in [2.75, 3.05) is 11.9 Å². The normalized spacial score (nSPS) is 11.9. The van der Waals surface area contributed by atoms with Gasteiger partial charge in [-0.1, -0.05) is 30.4 Å². The molecule has 0 aliphatic rings. The fraction of sp³-hybridized carbons (Fsp3) is 0.185. The van der Waals surface area contributed by atoms with Gasteiger partial charge in [-0.15, -0.1) is 0 Å². The fourth-order valence-corrected chi connectivity index (χ4v) is 4.30. The maximum Gasteiger partial charge on any atom is 0.437 e. The van der Waals surface area contributed by atoms with E-state index in [1.165, 1.54) is 13.0 Å².